The van der Waals surface area contributed by atoms with Crippen molar-refractivity contribution in [1.82, 2.24) is 5.32 Å². The van der Waals surface area contributed by atoms with Crippen molar-refractivity contribution in [3.63, 3.8) is 0 Å². The van der Waals surface area contributed by atoms with E-state index in [9.17, 15) is 35.1 Å². The van der Waals surface area contributed by atoms with Crippen LogP contribution in [-0.4, -0.2) is 74.3 Å². The maximum Gasteiger partial charge on any atom is 0.202 e. The van der Waals surface area contributed by atoms with Crippen LogP contribution in [0.15, 0.2) is 18.2 Å². The molecule has 1 saturated heterocycles. The molecule has 0 spiro atoms. The molecular weight excluding hydrogens is 482 g/mol. The van der Waals surface area contributed by atoms with E-state index in [4.69, 9.17) is 9.47 Å². The Morgan fingerprint density at radius 2 is 1.81 bits per heavy atom. The second-order valence-corrected chi connectivity index (χ2v) is 10.1. The van der Waals surface area contributed by atoms with Crippen molar-refractivity contribution in [2.24, 2.45) is 0 Å². The highest BCUT2D eigenvalue weighted by Crippen LogP contribution is 2.53. The molecule has 37 heavy (non-hydrogen) atoms. The van der Waals surface area contributed by atoms with Crippen LogP contribution in [0.5, 0.6) is 17.2 Å². The molecule has 1 fully saturated rings. The van der Waals surface area contributed by atoms with Gasteiger partial charge in [-0.1, -0.05) is 19.1 Å². The maximum absolute atomic E-state index is 13.5. The minimum Gasteiger partial charge on any atom is -0.507 e. The molecule has 2 aromatic rings. The summed E-state index contributed by atoms with van der Waals surface area (Å²) in [7, 11) is 1.70. The molecule has 198 valence electrons. The lowest BCUT2D eigenvalue weighted by molar-refractivity contribution is -0.270. The van der Waals surface area contributed by atoms with Gasteiger partial charge in [-0.3, -0.25) is 9.59 Å². The summed E-state index contributed by atoms with van der Waals surface area (Å²) in [4.78, 5) is 26.8. The predicted molar refractivity (Wildman–Crippen MR) is 130 cm³/mol. The van der Waals surface area contributed by atoms with E-state index in [0.29, 0.717) is 0 Å². The van der Waals surface area contributed by atoms with Gasteiger partial charge < -0.3 is 40.3 Å². The van der Waals surface area contributed by atoms with Crippen LogP contribution >= 0.6 is 0 Å². The molecule has 0 unspecified atom stereocenters. The Morgan fingerprint density at radius 3 is 2.49 bits per heavy atom. The van der Waals surface area contributed by atoms with Gasteiger partial charge in [-0.05, 0) is 39.3 Å². The second kappa shape index (κ2) is 9.07. The van der Waals surface area contributed by atoms with Crippen molar-refractivity contribution < 1.29 is 44.6 Å². The molecule has 0 aromatic heterocycles. The van der Waals surface area contributed by atoms with E-state index < -0.39 is 64.6 Å². The van der Waals surface area contributed by atoms with Crippen LogP contribution in [0, 0.1) is 0 Å². The zero-order valence-electron chi connectivity index (χ0n) is 20.8. The highest BCUT2D eigenvalue weighted by molar-refractivity contribution is 6.31. The molecule has 10 heteroatoms. The summed E-state index contributed by atoms with van der Waals surface area (Å²) >= 11 is 0. The smallest absolute Gasteiger partial charge is 0.202 e. The topological polar surface area (TPSA) is 166 Å². The van der Waals surface area contributed by atoms with Gasteiger partial charge >= 0.3 is 0 Å². The molecule has 3 aliphatic rings. The van der Waals surface area contributed by atoms with Gasteiger partial charge in [0.15, 0.2) is 12.1 Å². The summed E-state index contributed by atoms with van der Waals surface area (Å²) in [6.45, 7) is 3.46. The quantitative estimate of drug-likeness (QED) is 0.283. The highest BCUT2D eigenvalue weighted by atomic mass is 16.7. The van der Waals surface area contributed by atoms with Crippen molar-refractivity contribution in [2.75, 3.05) is 7.05 Å². The molecule has 5 rings (SSSR count). The number of hydrogen-bond donors (Lipinski definition) is 6. The standard InChI is InChI=1S/C27H31NO9/c1-4-27(35)9-8-13-18(26(27)37-16-10-14(28-3)21(30)11(2)36-16)25(34)20-19(23(13)32)24(33)17-12(22(20)31)6-5-7-15(17)29/h5-7,11,14,16,21,26,28-30,32,34-35H,4,8-10H2,1-3H3/t11-,14-,16-,21+,26+,27+/m0/s1. The molecule has 10 nitrogen and oxygen atoms in total. The van der Waals surface area contributed by atoms with Gasteiger partial charge in [-0.25, -0.2) is 0 Å². The summed E-state index contributed by atoms with van der Waals surface area (Å²) in [6, 6.07) is 3.71. The van der Waals surface area contributed by atoms with Crippen LogP contribution in [0.2, 0.25) is 0 Å². The van der Waals surface area contributed by atoms with Gasteiger partial charge in [0.05, 0.1) is 34.5 Å². The Bertz CT molecular complexity index is 1290. The molecule has 1 aliphatic heterocycles. The lowest BCUT2D eigenvalue weighted by Crippen LogP contribution is -2.54. The summed E-state index contributed by atoms with van der Waals surface area (Å²) in [6.07, 6.45) is -2.69. The van der Waals surface area contributed by atoms with Crippen molar-refractivity contribution in [3.05, 3.63) is 51.6 Å². The Balaban J connectivity index is 1.66. The third-order valence-corrected chi connectivity index (χ3v) is 8.09. The third kappa shape index (κ3) is 3.74. The van der Waals surface area contributed by atoms with E-state index in [1.54, 1.807) is 20.9 Å². The summed E-state index contributed by atoms with van der Waals surface area (Å²) in [5.41, 5.74) is -2.35. The largest absolute Gasteiger partial charge is 0.507 e. The van der Waals surface area contributed by atoms with Crippen LogP contribution < -0.4 is 5.32 Å². The summed E-state index contributed by atoms with van der Waals surface area (Å²) < 4.78 is 12.1. The van der Waals surface area contributed by atoms with Gasteiger partial charge in [-0.15, -0.1) is 0 Å². The maximum atomic E-state index is 13.5. The monoisotopic (exact) mass is 513 g/mol. The first-order chi connectivity index (χ1) is 17.5. The Hall–Kier alpha value is -3.02. The number of aliphatic hydroxyl groups is 2. The fraction of sp³-hybridized carbons (Fsp3) is 0.481. The Morgan fingerprint density at radius 1 is 1.11 bits per heavy atom. The normalized spacial score (nSPS) is 31.0. The van der Waals surface area contributed by atoms with Crippen LogP contribution in [0.1, 0.15) is 82.2 Å². The average Bonchev–Trinajstić information content (AvgIpc) is 2.87. The van der Waals surface area contributed by atoms with Crippen LogP contribution in [-0.2, 0) is 15.9 Å². The summed E-state index contributed by atoms with van der Waals surface area (Å²) in [5.74, 6) is -2.95. The lowest BCUT2D eigenvalue weighted by atomic mass is 9.72. The van der Waals surface area contributed by atoms with Gasteiger partial charge in [0.2, 0.25) is 5.78 Å². The number of ketones is 2. The number of fused-ring (bicyclic) bond motifs is 3. The number of ether oxygens (including phenoxy) is 2. The fourth-order valence-electron chi connectivity index (χ4n) is 5.87. The van der Waals surface area contributed by atoms with E-state index in [2.05, 4.69) is 5.32 Å². The number of carbonyl (C=O) groups excluding carboxylic acids is 2. The van der Waals surface area contributed by atoms with E-state index >= 15 is 0 Å². The SMILES string of the molecule is CC[C@@]1(O)CCc2c(O)c3c(c(O)c2[C@H]1O[C@H]1C[C@H](NC)[C@H](O)[C@H](C)O1)C(=O)c1cccc(O)c1C3=O. The van der Waals surface area contributed by atoms with Gasteiger partial charge in [0.25, 0.3) is 0 Å². The van der Waals surface area contributed by atoms with Gasteiger partial charge in [0.1, 0.15) is 23.4 Å². The second-order valence-electron chi connectivity index (χ2n) is 10.1. The number of aliphatic hydroxyl groups excluding tert-OH is 1. The van der Waals surface area contributed by atoms with Gasteiger partial charge in [-0.2, -0.15) is 0 Å². The number of hydrogen-bond acceptors (Lipinski definition) is 10. The number of likely N-dealkylation sites (N-methyl/N-ethyl adjacent to an activating group) is 1. The minimum atomic E-state index is -1.47. The molecule has 0 radical (unpaired) electrons. The van der Waals surface area contributed by atoms with Crippen molar-refractivity contribution >= 4 is 11.6 Å². The van der Waals surface area contributed by atoms with Crippen molar-refractivity contribution in [1.29, 1.82) is 0 Å². The Labute approximate surface area is 213 Å². The first-order valence-electron chi connectivity index (χ1n) is 12.4. The molecule has 6 atom stereocenters. The van der Waals surface area contributed by atoms with Crippen LogP contribution in [0.25, 0.3) is 0 Å². The molecule has 2 aliphatic carbocycles. The highest BCUT2D eigenvalue weighted by Gasteiger charge is 2.50. The van der Waals surface area contributed by atoms with E-state index in [1.807, 2.05) is 0 Å². The lowest BCUT2D eigenvalue weighted by Gasteiger charge is -2.45. The first kappa shape index (κ1) is 25.6. The fourth-order valence-corrected chi connectivity index (χ4v) is 5.87. The third-order valence-electron chi connectivity index (χ3n) is 8.09. The first-order valence-corrected chi connectivity index (χ1v) is 12.4. The number of nitrogens with one attached hydrogen (secondary N) is 1. The number of aromatic hydroxyl groups is 3. The van der Waals surface area contributed by atoms with Crippen LogP contribution in [0.4, 0.5) is 0 Å². The molecule has 1 heterocycles. The van der Waals surface area contributed by atoms with Crippen molar-refractivity contribution in [3.8, 4) is 17.2 Å². The van der Waals surface area contributed by atoms with Crippen molar-refractivity contribution in [2.45, 2.75) is 75.8 Å². The molecular formula is C27H31NO9. The number of phenolic OH excluding ortho intramolecular Hbond substituents is 3. The van der Waals surface area contributed by atoms with E-state index in [1.165, 1.54) is 18.2 Å². The molecule has 2 aromatic carbocycles. The minimum absolute atomic E-state index is 0.0278. The Kier molecular flexibility index (Phi) is 6.28. The predicted octanol–water partition coefficient (Wildman–Crippen LogP) is 1.81. The van der Waals surface area contributed by atoms with Crippen LogP contribution in [0.3, 0.4) is 0 Å². The number of rotatable bonds is 4. The van der Waals surface area contributed by atoms with E-state index in [0.717, 1.165) is 0 Å². The number of benzene rings is 2. The zero-order valence-corrected chi connectivity index (χ0v) is 20.8. The molecule has 0 bridgehead atoms. The zero-order chi connectivity index (χ0) is 26.8. The van der Waals surface area contributed by atoms with Gasteiger partial charge in [0, 0.05) is 29.2 Å². The molecule has 0 saturated carbocycles. The van der Waals surface area contributed by atoms with E-state index in [-0.39, 0.29) is 59.5 Å². The summed E-state index contributed by atoms with van der Waals surface area (Å²) in [5, 5.41) is 58.0. The molecule has 0 amide bonds. The number of carbonyl (C=O) groups is 2. The number of phenols is 3. The molecule has 6 N–H and O–H groups in total. The average molecular weight is 514 g/mol.